The third-order valence-corrected chi connectivity index (χ3v) is 2.77. The fourth-order valence-corrected chi connectivity index (χ4v) is 1.66. The van der Waals surface area contributed by atoms with Crippen LogP contribution in [0.1, 0.15) is 26.7 Å². The van der Waals surface area contributed by atoms with Gasteiger partial charge in [0.1, 0.15) is 0 Å². The van der Waals surface area contributed by atoms with E-state index in [2.05, 4.69) is 13.8 Å². The van der Waals surface area contributed by atoms with Crippen molar-refractivity contribution in [1.29, 1.82) is 0 Å². The van der Waals surface area contributed by atoms with Crippen molar-refractivity contribution in [3.8, 4) is 0 Å². The van der Waals surface area contributed by atoms with Gasteiger partial charge in [-0.25, -0.2) is 4.39 Å². The molecule has 2 unspecified atom stereocenters. The fraction of sp³-hybridized carbons (Fsp3) is 1.00. The van der Waals surface area contributed by atoms with E-state index in [-0.39, 0.29) is 0 Å². The van der Waals surface area contributed by atoms with E-state index in [0.29, 0.717) is 11.8 Å². The number of hydrogen-bond acceptors (Lipinski definition) is 1. The molecule has 0 N–H and O–H groups in total. The lowest BCUT2D eigenvalue weighted by atomic mass is 9.86. The molecule has 0 amide bonds. The Labute approximate surface area is 68.6 Å². The molecule has 66 valence electrons. The van der Waals surface area contributed by atoms with Crippen LogP contribution in [0.4, 0.5) is 4.39 Å². The number of nitrogens with zero attached hydrogens (tertiary/aromatic N) is 1. The first-order valence-corrected chi connectivity index (χ1v) is 4.45. The van der Waals surface area contributed by atoms with E-state index in [1.807, 2.05) is 7.05 Å². The van der Waals surface area contributed by atoms with Gasteiger partial charge in [0.25, 0.3) is 0 Å². The fourth-order valence-electron chi connectivity index (χ4n) is 1.66. The molecule has 0 spiro atoms. The first-order chi connectivity index (χ1) is 5.11. The van der Waals surface area contributed by atoms with Gasteiger partial charge in [-0.05, 0) is 31.7 Å². The Balaban J connectivity index is 2.40. The average molecular weight is 159 g/mol. The molecule has 11 heavy (non-hydrogen) atoms. The van der Waals surface area contributed by atoms with E-state index in [9.17, 15) is 4.39 Å². The molecule has 0 bridgehead atoms. The van der Waals surface area contributed by atoms with Crippen LogP contribution < -0.4 is 0 Å². The van der Waals surface area contributed by atoms with Gasteiger partial charge in [-0.1, -0.05) is 13.8 Å². The Morgan fingerprint density at radius 3 is 2.55 bits per heavy atom. The zero-order chi connectivity index (χ0) is 8.43. The van der Waals surface area contributed by atoms with Crippen LogP contribution in [0.3, 0.4) is 0 Å². The van der Waals surface area contributed by atoms with Gasteiger partial charge in [0, 0.05) is 6.54 Å². The summed E-state index contributed by atoms with van der Waals surface area (Å²) in [5, 5.41) is 0. The Kier molecular flexibility index (Phi) is 2.88. The lowest BCUT2D eigenvalue weighted by Crippen LogP contribution is -2.38. The number of piperidine rings is 1. The molecule has 1 nitrogen and oxygen atoms in total. The maximum atomic E-state index is 13.1. The van der Waals surface area contributed by atoms with Crippen LogP contribution in [0.5, 0.6) is 0 Å². The van der Waals surface area contributed by atoms with Gasteiger partial charge in [0.2, 0.25) is 0 Å². The number of likely N-dealkylation sites (tertiary alicyclic amines) is 1. The van der Waals surface area contributed by atoms with Crippen molar-refractivity contribution in [2.75, 3.05) is 13.6 Å². The van der Waals surface area contributed by atoms with Gasteiger partial charge in [-0.2, -0.15) is 0 Å². The summed E-state index contributed by atoms with van der Waals surface area (Å²) in [5.74, 6) is 1.24. The van der Waals surface area contributed by atoms with E-state index < -0.39 is 6.30 Å². The molecule has 1 aliphatic heterocycles. The number of alkyl halides is 1. The van der Waals surface area contributed by atoms with Crippen molar-refractivity contribution in [1.82, 2.24) is 4.90 Å². The van der Waals surface area contributed by atoms with Crippen LogP contribution in [0.15, 0.2) is 0 Å². The first-order valence-electron chi connectivity index (χ1n) is 4.45. The Morgan fingerprint density at radius 2 is 2.09 bits per heavy atom. The summed E-state index contributed by atoms with van der Waals surface area (Å²) in [7, 11) is 1.86. The molecule has 1 heterocycles. The topological polar surface area (TPSA) is 3.24 Å². The molecule has 0 aromatic carbocycles. The summed E-state index contributed by atoms with van der Waals surface area (Å²) in [6, 6.07) is 0. The highest BCUT2D eigenvalue weighted by molar-refractivity contribution is 4.75. The molecular formula is C9H18FN. The van der Waals surface area contributed by atoms with Gasteiger partial charge in [-0.15, -0.1) is 0 Å². The van der Waals surface area contributed by atoms with Gasteiger partial charge >= 0.3 is 0 Å². The minimum Gasteiger partial charge on any atom is -0.277 e. The zero-order valence-corrected chi connectivity index (χ0v) is 7.68. The molecule has 0 aromatic rings. The number of hydrogen-bond donors (Lipinski definition) is 0. The van der Waals surface area contributed by atoms with Crippen LogP contribution >= 0.6 is 0 Å². The van der Waals surface area contributed by atoms with E-state index in [1.54, 1.807) is 4.90 Å². The highest BCUT2D eigenvalue weighted by Crippen LogP contribution is 2.27. The molecule has 1 rings (SSSR count). The van der Waals surface area contributed by atoms with Gasteiger partial charge in [0.15, 0.2) is 6.30 Å². The van der Waals surface area contributed by atoms with Crippen molar-refractivity contribution in [3.63, 3.8) is 0 Å². The molecule has 2 atom stereocenters. The quantitative estimate of drug-likeness (QED) is 0.530. The summed E-state index contributed by atoms with van der Waals surface area (Å²) >= 11 is 0. The summed E-state index contributed by atoms with van der Waals surface area (Å²) in [5.41, 5.74) is 0. The maximum Gasteiger partial charge on any atom is 0.153 e. The van der Waals surface area contributed by atoms with Crippen LogP contribution in [-0.2, 0) is 0 Å². The van der Waals surface area contributed by atoms with Gasteiger partial charge < -0.3 is 0 Å². The second-order valence-corrected chi connectivity index (χ2v) is 3.94. The predicted octanol–water partition coefficient (Wildman–Crippen LogP) is 2.28. The Bertz CT molecular complexity index is 125. The van der Waals surface area contributed by atoms with Crippen molar-refractivity contribution in [2.24, 2.45) is 11.8 Å². The first kappa shape index (κ1) is 8.98. The second-order valence-electron chi connectivity index (χ2n) is 3.94. The van der Waals surface area contributed by atoms with Crippen molar-refractivity contribution in [3.05, 3.63) is 0 Å². The van der Waals surface area contributed by atoms with E-state index in [0.717, 1.165) is 19.4 Å². The monoisotopic (exact) mass is 159 g/mol. The minimum absolute atomic E-state index is 0.598. The number of halogens is 1. The molecule has 0 saturated carbocycles. The maximum absolute atomic E-state index is 13.1. The van der Waals surface area contributed by atoms with E-state index in [4.69, 9.17) is 0 Å². The molecule has 2 heteroatoms. The summed E-state index contributed by atoms with van der Waals surface area (Å²) in [6.45, 7) is 5.29. The SMILES string of the molecule is CC(C)C1CCN(C)C(F)C1. The zero-order valence-electron chi connectivity index (χ0n) is 7.68. The largest absolute Gasteiger partial charge is 0.277 e. The van der Waals surface area contributed by atoms with Crippen LogP contribution in [-0.4, -0.2) is 24.8 Å². The highest BCUT2D eigenvalue weighted by Gasteiger charge is 2.26. The third kappa shape index (κ3) is 2.16. The third-order valence-electron chi connectivity index (χ3n) is 2.77. The van der Waals surface area contributed by atoms with Crippen molar-refractivity contribution in [2.45, 2.75) is 33.0 Å². The van der Waals surface area contributed by atoms with Crippen molar-refractivity contribution < 1.29 is 4.39 Å². The predicted molar refractivity (Wildman–Crippen MR) is 45.1 cm³/mol. The van der Waals surface area contributed by atoms with E-state index in [1.165, 1.54) is 0 Å². The van der Waals surface area contributed by atoms with Crippen LogP contribution in [0, 0.1) is 11.8 Å². The molecule has 0 radical (unpaired) electrons. The van der Waals surface area contributed by atoms with Crippen molar-refractivity contribution >= 4 is 0 Å². The average Bonchev–Trinajstić information content (AvgIpc) is 1.94. The summed E-state index contributed by atoms with van der Waals surface area (Å²) in [4.78, 5) is 1.80. The Hall–Kier alpha value is -0.110. The molecule has 1 saturated heterocycles. The molecule has 0 aromatic heterocycles. The summed E-state index contributed by atoms with van der Waals surface area (Å²) in [6.07, 6.45) is 1.19. The van der Waals surface area contributed by atoms with E-state index >= 15 is 0 Å². The Morgan fingerprint density at radius 1 is 1.45 bits per heavy atom. The summed E-state index contributed by atoms with van der Waals surface area (Å²) < 4.78 is 13.1. The molecular weight excluding hydrogens is 141 g/mol. The normalized spacial score (nSPS) is 34.6. The smallest absolute Gasteiger partial charge is 0.153 e. The lowest BCUT2D eigenvalue weighted by Gasteiger charge is -2.34. The molecule has 1 aliphatic rings. The second kappa shape index (κ2) is 3.53. The van der Waals surface area contributed by atoms with Gasteiger partial charge in [0.05, 0.1) is 0 Å². The van der Waals surface area contributed by atoms with Crippen LogP contribution in [0.2, 0.25) is 0 Å². The minimum atomic E-state index is -0.698. The van der Waals surface area contributed by atoms with Gasteiger partial charge in [-0.3, -0.25) is 4.90 Å². The highest BCUT2D eigenvalue weighted by atomic mass is 19.1. The standard InChI is InChI=1S/C9H18FN/c1-7(2)8-4-5-11(3)9(10)6-8/h7-9H,4-6H2,1-3H3. The molecule has 0 aliphatic carbocycles. The van der Waals surface area contributed by atoms with Crippen LogP contribution in [0.25, 0.3) is 0 Å². The molecule has 1 fully saturated rings. The number of rotatable bonds is 1. The lowest BCUT2D eigenvalue weighted by molar-refractivity contribution is 0.0302.